The summed E-state index contributed by atoms with van der Waals surface area (Å²) < 4.78 is 2.70. The van der Waals surface area contributed by atoms with E-state index in [1.807, 2.05) is 11.3 Å². The minimum atomic E-state index is 1.25. The summed E-state index contributed by atoms with van der Waals surface area (Å²) in [7, 11) is 0. The summed E-state index contributed by atoms with van der Waals surface area (Å²) in [5.74, 6) is 0. The van der Waals surface area contributed by atoms with Crippen LogP contribution in [0.3, 0.4) is 0 Å². The fraction of sp³-hybridized carbons (Fsp3) is 0. The van der Waals surface area contributed by atoms with Gasteiger partial charge in [-0.15, -0.1) is 11.3 Å². The van der Waals surface area contributed by atoms with Crippen LogP contribution in [0.1, 0.15) is 0 Å². The summed E-state index contributed by atoms with van der Waals surface area (Å²) in [4.78, 5) is 0. The molecule has 0 aliphatic carbocycles. The van der Waals surface area contributed by atoms with Gasteiger partial charge in [-0.25, -0.2) is 0 Å². The predicted octanol–water partition coefficient (Wildman–Crippen LogP) is 10.8. The minimum absolute atomic E-state index is 1.25. The predicted molar refractivity (Wildman–Crippen MR) is 163 cm³/mol. The Morgan fingerprint density at radius 3 is 1.68 bits per heavy atom. The topological polar surface area (TPSA) is 0 Å². The third-order valence-electron chi connectivity index (χ3n) is 7.66. The molecule has 0 bridgehead atoms. The van der Waals surface area contributed by atoms with Gasteiger partial charge in [0.2, 0.25) is 0 Å². The molecule has 1 heterocycles. The van der Waals surface area contributed by atoms with E-state index < -0.39 is 0 Å². The quantitative estimate of drug-likeness (QED) is 0.213. The van der Waals surface area contributed by atoms with Gasteiger partial charge in [0, 0.05) is 25.7 Å². The van der Waals surface area contributed by atoms with Gasteiger partial charge in [0.25, 0.3) is 0 Å². The van der Waals surface area contributed by atoms with Gasteiger partial charge in [0.15, 0.2) is 0 Å². The van der Waals surface area contributed by atoms with Crippen molar-refractivity contribution in [2.45, 2.75) is 0 Å². The van der Waals surface area contributed by atoms with Gasteiger partial charge in [-0.1, -0.05) is 127 Å². The van der Waals surface area contributed by atoms with Gasteiger partial charge < -0.3 is 0 Å². The summed E-state index contributed by atoms with van der Waals surface area (Å²) in [6.45, 7) is 0. The third-order valence-corrected chi connectivity index (χ3v) is 8.88. The molecular weight excluding hydrogens is 464 g/mol. The van der Waals surface area contributed by atoms with E-state index in [4.69, 9.17) is 0 Å². The highest BCUT2D eigenvalue weighted by Crippen LogP contribution is 2.46. The highest BCUT2D eigenvalue weighted by atomic mass is 32.1. The van der Waals surface area contributed by atoms with Gasteiger partial charge in [-0.2, -0.15) is 0 Å². The Bertz CT molecular complexity index is 2130. The first-order chi connectivity index (χ1) is 18.4. The molecule has 0 unspecified atom stereocenters. The molecule has 0 aliphatic heterocycles. The zero-order chi connectivity index (χ0) is 24.3. The van der Waals surface area contributed by atoms with Crippen LogP contribution in [0.25, 0.3) is 74.7 Å². The monoisotopic (exact) mass is 486 g/mol. The Hall–Kier alpha value is -4.46. The second-order valence-corrected chi connectivity index (χ2v) is 10.7. The molecule has 0 radical (unpaired) electrons. The molecule has 0 spiro atoms. The van der Waals surface area contributed by atoms with E-state index in [0.29, 0.717) is 0 Å². The second kappa shape index (κ2) is 8.03. The van der Waals surface area contributed by atoms with E-state index in [1.54, 1.807) is 0 Å². The largest absolute Gasteiger partial charge is 0.135 e. The molecule has 8 rings (SSSR count). The zero-order valence-electron chi connectivity index (χ0n) is 20.1. The van der Waals surface area contributed by atoms with Gasteiger partial charge in [-0.3, -0.25) is 0 Å². The van der Waals surface area contributed by atoms with Crippen LogP contribution in [0.4, 0.5) is 0 Å². The van der Waals surface area contributed by atoms with Gasteiger partial charge >= 0.3 is 0 Å². The Labute approximate surface area is 219 Å². The van der Waals surface area contributed by atoms with Crippen molar-refractivity contribution in [1.82, 2.24) is 0 Å². The highest BCUT2D eigenvalue weighted by Gasteiger charge is 2.17. The van der Waals surface area contributed by atoms with Crippen LogP contribution in [0.5, 0.6) is 0 Å². The van der Waals surface area contributed by atoms with Crippen molar-refractivity contribution in [3.63, 3.8) is 0 Å². The van der Waals surface area contributed by atoms with Crippen LogP contribution in [-0.4, -0.2) is 0 Å². The molecule has 0 nitrogen and oxygen atoms in total. The van der Waals surface area contributed by atoms with Crippen molar-refractivity contribution in [3.05, 3.63) is 133 Å². The lowest BCUT2D eigenvalue weighted by Gasteiger charge is -2.17. The first-order valence-electron chi connectivity index (χ1n) is 12.7. The zero-order valence-corrected chi connectivity index (χ0v) is 20.9. The Morgan fingerprint density at radius 2 is 0.865 bits per heavy atom. The molecule has 1 aromatic heterocycles. The van der Waals surface area contributed by atoms with E-state index in [9.17, 15) is 0 Å². The molecule has 0 N–H and O–H groups in total. The van der Waals surface area contributed by atoms with Crippen LogP contribution < -0.4 is 0 Å². The van der Waals surface area contributed by atoms with Crippen LogP contribution in [0.15, 0.2) is 133 Å². The maximum Gasteiger partial charge on any atom is 0.0434 e. The molecule has 7 aromatic carbocycles. The van der Waals surface area contributed by atoms with Gasteiger partial charge in [0.05, 0.1) is 0 Å². The average molecular weight is 487 g/mol. The maximum absolute atomic E-state index is 2.31. The third kappa shape index (κ3) is 3.02. The van der Waals surface area contributed by atoms with Crippen molar-refractivity contribution in [1.29, 1.82) is 0 Å². The van der Waals surface area contributed by atoms with Crippen molar-refractivity contribution in [2.24, 2.45) is 0 Å². The van der Waals surface area contributed by atoms with Crippen molar-refractivity contribution in [3.8, 4) is 22.3 Å². The van der Waals surface area contributed by atoms with E-state index in [2.05, 4.69) is 133 Å². The lowest BCUT2D eigenvalue weighted by Crippen LogP contribution is -1.89. The average Bonchev–Trinajstić information content (AvgIpc) is 3.36. The van der Waals surface area contributed by atoms with Crippen molar-refractivity contribution < 1.29 is 0 Å². The molecule has 0 saturated heterocycles. The van der Waals surface area contributed by atoms with Gasteiger partial charge in [-0.05, 0) is 55.1 Å². The van der Waals surface area contributed by atoms with Crippen LogP contribution in [0.2, 0.25) is 0 Å². The number of hydrogen-bond donors (Lipinski definition) is 0. The summed E-state index contributed by atoms with van der Waals surface area (Å²) in [5, 5.41) is 10.6. The summed E-state index contributed by atoms with van der Waals surface area (Å²) in [5.41, 5.74) is 5.15. The summed E-state index contributed by atoms with van der Waals surface area (Å²) in [6.07, 6.45) is 0. The Balaban J connectivity index is 1.58. The molecule has 0 aliphatic rings. The van der Waals surface area contributed by atoms with Crippen molar-refractivity contribution >= 4 is 63.8 Å². The Morgan fingerprint density at radius 1 is 0.324 bits per heavy atom. The first kappa shape index (κ1) is 20.7. The summed E-state index contributed by atoms with van der Waals surface area (Å²) >= 11 is 1.90. The van der Waals surface area contributed by atoms with E-state index in [-0.39, 0.29) is 0 Å². The normalized spacial score (nSPS) is 11.8. The van der Waals surface area contributed by atoms with Crippen molar-refractivity contribution in [2.75, 3.05) is 0 Å². The molecule has 8 aromatic rings. The van der Waals surface area contributed by atoms with E-state index >= 15 is 0 Å². The molecule has 172 valence electrons. The van der Waals surface area contributed by atoms with E-state index in [0.717, 1.165) is 0 Å². The standard InChI is InChI=1S/C36H22S/c1-2-11-23(12-3-1)24-16-8-17-28-25-13-4-5-15-27(25)35-29(18-9-21-32(35)34(24)28)31-20-10-19-30-26-14-6-7-22-33(26)37-36(30)31/h1-22H. The highest BCUT2D eigenvalue weighted by molar-refractivity contribution is 7.26. The number of rotatable bonds is 2. The number of thiophene rings is 1. The first-order valence-corrected chi connectivity index (χ1v) is 13.5. The number of fused-ring (bicyclic) bond motifs is 9. The lowest BCUT2D eigenvalue weighted by atomic mass is 9.86. The molecule has 0 atom stereocenters. The van der Waals surface area contributed by atoms with Crippen LogP contribution >= 0.6 is 11.3 Å². The lowest BCUT2D eigenvalue weighted by molar-refractivity contribution is 1.66. The molecule has 37 heavy (non-hydrogen) atoms. The fourth-order valence-corrected chi connectivity index (χ4v) is 7.33. The molecule has 0 amide bonds. The fourth-order valence-electron chi connectivity index (χ4n) is 6.10. The second-order valence-electron chi connectivity index (χ2n) is 9.65. The molecule has 0 fully saturated rings. The minimum Gasteiger partial charge on any atom is -0.135 e. The number of benzene rings is 7. The van der Waals surface area contributed by atoms with Crippen LogP contribution in [-0.2, 0) is 0 Å². The molecule has 1 heteroatoms. The molecular formula is C36H22S. The summed E-state index contributed by atoms with van der Waals surface area (Å²) in [6, 6.07) is 48.9. The maximum atomic E-state index is 2.31. The van der Waals surface area contributed by atoms with Crippen LogP contribution in [0, 0.1) is 0 Å². The SMILES string of the molecule is c1ccc(-c2cccc3c4ccccc4c4c(-c5cccc6c5sc5ccccc56)cccc4c23)cc1. The Kier molecular flexibility index (Phi) is 4.49. The van der Waals surface area contributed by atoms with E-state index in [1.165, 1.54) is 74.7 Å². The molecule has 0 saturated carbocycles. The smallest absolute Gasteiger partial charge is 0.0434 e. The van der Waals surface area contributed by atoms with Gasteiger partial charge in [0.1, 0.15) is 0 Å². The number of hydrogen-bond acceptors (Lipinski definition) is 1.